The van der Waals surface area contributed by atoms with E-state index >= 15 is 0 Å². The monoisotopic (exact) mass is 271 g/mol. The van der Waals surface area contributed by atoms with Crippen LogP contribution in [0.5, 0.6) is 0 Å². The first-order valence-electron chi connectivity index (χ1n) is 4.91. The molecule has 0 aliphatic heterocycles. The first-order valence-corrected chi connectivity index (χ1v) is 5.71. The van der Waals surface area contributed by atoms with Crippen molar-refractivity contribution >= 4 is 15.9 Å². The van der Waals surface area contributed by atoms with Crippen molar-refractivity contribution in [3.8, 4) is 0 Å². The van der Waals surface area contributed by atoms with Gasteiger partial charge in [0.15, 0.2) is 0 Å². The molecule has 1 aromatic carbocycles. The van der Waals surface area contributed by atoms with Gasteiger partial charge in [0.05, 0.1) is 0 Å². The maximum Gasteiger partial charge on any atom is 0.127 e. The van der Waals surface area contributed by atoms with Crippen LogP contribution in [0.3, 0.4) is 0 Å². The van der Waals surface area contributed by atoms with Crippen LogP contribution >= 0.6 is 15.9 Å². The van der Waals surface area contributed by atoms with Gasteiger partial charge < -0.3 is 5.32 Å². The maximum absolute atomic E-state index is 13.3. The minimum absolute atomic E-state index is 0.170. The highest BCUT2D eigenvalue weighted by Gasteiger charge is 2.04. The van der Waals surface area contributed by atoms with Gasteiger partial charge in [-0.3, -0.25) is 0 Å². The zero-order valence-electron chi connectivity index (χ0n) is 8.76. The van der Waals surface area contributed by atoms with Gasteiger partial charge in [-0.25, -0.2) is 4.39 Å². The van der Waals surface area contributed by atoms with E-state index in [4.69, 9.17) is 0 Å². The summed E-state index contributed by atoms with van der Waals surface area (Å²) in [5, 5.41) is 3.24. The van der Waals surface area contributed by atoms with Gasteiger partial charge in [-0.05, 0) is 31.5 Å². The summed E-state index contributed by atoms with van der Waals surface area (Å²) in [5.74, 6) is -0.170. The number of halogens is 2. The van der Waals surface area contributed by atoms with Crippen LogP contribution in [-0.2, 0) is 6.54 Å². The molecule has 0 aromatic heterocycles. The highest BCUT2D eigenvalue weighted by atomic mass is 79.9. The molecular weight excluding hydrogens is 257 g/mol. The van der Waals surface area contributed by atoms with Crippen molar-refractivity contribution in [3.05, 3.63) is 46.7 Å². The standard InChI is InChI=1S/C12H15BrFN/c1-3-4-9(2)15-8-10-7-11(13)5-6-12(10)14/h3,5-7,9,15H,1,4,8H2,2H3. The fraction of sp³-hybridized carbons (Fsp3) is 0.333. The SMILES string of the molecule is C=CCC(C)NCc1cc(Br)ccc1F. The van der Waals surface area contributed by atoms with Gasteiger partial charge in [0.25, 0.3) is 0 Å². The molecule has 1 unspecified atom stereocenters. The molecule has 0 saturated carbocycles. The van der Waals surface area contributed by atoms with Gasteiger partial charge in [0.1, 0.15) is 5.82 Å². The fourth-order valence-corrected chi connectivity index (χ4v) is 1.70. The number of hydrogen-bond donors (Lipinski definition) is 1. The summed E-state index contributed by atoms with van der Waals surface area (Å²) in [4.78, 5) is 0. The van der Waals surface area contributed by atoms with Crippen molar-refractivity contribution in [1.29, 1.82) is 0 Å². The van der Waals surface area contributed by atoms with Gasteiger partial charge in [-0.1, -0.05) is 22.0 Å². The molecule has 0 saturated heterocycles. The van der Waals surface area contributed by atoms with Crippen LogP contribution in [0.2, 0.25) is 0 Å². The Morgan fingerprint density at radius 2 is 2.33 bits per heavy atom. The molecule has 0 aliphatic rings. The molecule has 0 fully saturated rings. The third-order valence-corrected chi connectivity index (χ3v) is 2.66. The van der Waals surface area contributed by atoms with Gasteiger partial charge in [0.2, 0.25) is 0 Å². The van der Waals surface area contributed by atoms with Crippen molar-refractivity contribution in [1.82, 2.24) is 5.32 Å². The molecule has 82 valence electrons. The molecule has 1 N–H and O–H groups in total. The molecule has 1 rings (SSSR count). The van der Waals surface area contributed by atoms with Crippen molar-refractivity contribution in [2.45, 2.75) is 25.9 Å². The minimum atomic E-state index is -0.170. The smallest absolute Gasteiger partial charge is 0.127 e. The Morgan fingerprint density at radius 1 is 1.60 bits per heavy atom. The number of nitrogens with one attached hydrogen (secondary N) is 1. The lowest BCUT2D eigenvalue weighted by Gasteiger charge is -2.12. The highest BCUT2D eigenvalue weighted by Crippen LogP contribution is 2.15. The van der Waals surface area contributed by atoms with E-state index in [1.54, 1.807) is 12.1 Å². The molecule has 1 atom stereocenters. The quantitative estimate of drug-likeness (QED) is 0.807. The van der Waals surface area contributed by atoms with E-state index in [1.807, 2.05) is 6.08 Å². The average molecular weight is 272 g/mol. The van der Waals surface area contributed by atoms with Crippen LogP contribution in [0.25, 0.3) is 0 Å². The Morgan fingerprint density at radius 3 is 3.00 bits per heavy atom. The normalized spacial score (nSPS) is 12.5. The Hall–Kier alpha value is -0.670. The Balaban J connectivity index is 2.56. The molecule has 0 aliphatic carbocycles. The molecule has 1 nitrogen and oxygen atoms in total. The second-order valence-corrected chi connectivity index (χ2v) is 4.46. The first kappa shape index (κ1) is 12.4. The number of rotatable bonds is 5. The molecule has 3 heteroatoms. The number of hydrogen-bond acceptors (Lipinski definition) is 1. The Kier molecular flexibility index (Phi) is 4.99. The summed E-state index contributed by atoms with van der Waals surface area (Å²) in [7, 11) is 0. The maximum atomic E-state index is 13.3. The minimum Gasteiger partial charge on any atom is -0.310 e. The molecular formula is C12H15BrFN. The molecule has 15 heavy (non-hydrogen) atoms. The van der Waals surface area contributed by atoms with E-state index in [-0.39, 0.29) is 5.82 Å². The van der Waals surface area contributed by atoms with Crippen LogP contribution in [0.1, 0.15) is 18.9 Å². The second-order valence-electron chi connectivity index (χ2n) is 3.54. The summed E-state index contributed by atoms with van der Waals surface area (Å²) in [6.45, 7) is 6.26. The summed E-state index contributed by atoms with van der Waals surface area (Å²) >= 11 is 3.32. The van der Waals surface area contributed by atoms with E-state index < -0.39 is 0 Å². The molecule has 0 heterocycles. The van der Waals surface area contributed by atoms with Gasteiger partial charge in [-0.2, -0.15) is 0 Å². The lowest BCUT2D eigenvalue weighted by atomic mass is 10.2. The zero-order chi connectivity index (χ0) is 11.3. The molecule has 0 spiro atoms. The Bertz CT molecular complexity index is 338. The van der Waals surface area contributed by atoms with Crippen molar-refractivity contribution < 1.29 is 4.39 Å². The van der Waals surface area contributed by atoms with E-state index in [0.717, 1.165) is 10.9 Å². The summed E-state index contributed by atoms with van der Waals surface area (Å²) < 4.78 is 14.2. The first-order chi connectivity index (χ1) is 7.13. The van der Waals surface area contributed by atoms with Crippen LogP contribution in [0, 0.1) is 5.82 Å². The largest absolute Gasteiger partial charge is 0.310 e. The van der Waals surface area contributed by atoms with Crippen LogP contribution in [-0.4, -0.2) is 6.04 Å². The molecule has 0 amide bonds. The van der Waals surface area contributed by atoms with Gasteiger partial charge >= 0.3 is 0 Å². The predicted molar refractivity (Wildman–Crippen MR) is 65.2 cm³/mol. The fourth-order valence-electron chi connectivity index (χ4n) is 1.30. The molecule has 0 radical (unpaired) electrons. The van der Waals surface area contributed by atoms with E-state index in [2.05, 4.69) is 34.7 Å². The van der Waals surface area contributed by atoms with Crippen LogP contribution < -0.4 is 5.32 Å². The lowest BCUT2D eigenvalue weighted by molar-refractivity contribution is 0.531. The third kappa shape index (κ3) is 4.14. The second kappa shape index (κ2) is 6.03. The van der Waals surface area contributed by atoms with Gasteiger partial charge in [0, 0.05) is 22.6 Å². The topological polar surface area (TPSA) is 12.0 Å². The predicted octanol–water partition coefficient (Wildman–Crippen LogP) is 3.64. The van der Waals surface area contributed by atoms with Crippen LogP contribution in [0.15, 0.2) is 35.3 Å². The van der Waals surface area contributed by atoms with Crippen LogP contribution in [0.4, 0.5) is 4.39 Å². The van der Waals surface area contributed by atoms with Crippen molar-refractivity contribution in [2.24, 2.45) is 0 Å². The average Bonchev–Trinajstić information content (AvgIpc) is 2.20. The van der Waals surface area contributed by atoms with E-state index in [0.29, 0.717) is 18.2 Å². The lowest BCUT2D eigenvalue weighted by Crippen LogP contribution is -2.25. The van der Waals surface area contributed by atoms with E-state index in [9.17, 15) is 4.39 Å². The summed E-state index contributed by atoms with van der Waals surface area (Å²) in [6, 6.07) is 5.29. The summed E-state index contributed by atoms with van der Waals surface area (Å²) in [6.07, 6.45) is 2.74. The van der Waals surface area contributed by atoms with Crippen molar-refractivity contribution in [2.75, 3.05) is 0 Å². The molecule has 0 bridgehead atoms. The molecule has 1 aromatic rings. The zero-order valence-corrected chi connectivity index (χ0v) is 10.3. The van der Waals surface area contributed by atoms with E-state index in [1.165, 1.54) is 6.07 Å². The van der Waals surface area contributed by atoms with Crippen molar-refractivity contribution in [3.63, 3.8) is 0 Å². The van der Waals surface area contributed by atoms with Gasteiger partial charge in [-0.15, -0.1) is 6.58 Å². The Labute approximate surface area is 98.5 Å². The summed E-state index contributed by atoms with van der Waals surface area (Å²) in [5.41, 5.74) is 0.681. The third-order valence-electron chi connectivity index (χ3n) is 2.17. The number of benzene rings is 1. The highest BCUT2D eigenvalue weighted by molar-refractivity contribution is 9.10.